The van der Waals surface area contributed by atoms with Crippen LogP contribution < -0.4 is 16.6 Å². The Bertz CT molecular complexity index is 1080. The van der Waals surface area contributed by atoms with Crippen LogP contribution in [0.3, 0.4) is 0 Å². The summed E-state index contributed by atoms with van der Waals surface area (Å²) in [6.45, 7) is 1.72. The van der Waals surface area contributed by atoms with Gasteiger partial charge in [-0.05, 0) is 58.7 Å². The fourth-order valence-electron chi connectivity index (χ4n) is 2.71. The molecule has 28 heavy (non-hydrogen) atoms. The third-order valence-corrected chi connectivity index (χ3v) is 4.88. The van der Waals surface area contributed by atoms with E-state index in [0.29, 0.717) is 26.4 Å². The first-order valence-corrected chi connectivity index (χ1v) is 9.48. The molecule has 0 bridgehead atoms. The molecule has 144 valence electrons. The van der Waals surface area contributed by atoms with Gasteiger partial charge < -0.3 is 9.88 Å². The quantitative estimate of drug-likeness (QED) is 0.225. The number of hydrogen-bond acceptors (Lipinski definition) is 4. The van der Waals surface area contributed by atoms with Crippen LogP contribution in [-0.4, -0.2) is 21.4 Å². The molecule has 7 nitrogen and oxygen atoms in total. The van der Waals surface area contributed by atoms with Gasteiger partial charge in [-0.3, -0.25) is 15.0 Å². The van der Waals surface area contributed by atoms with E-state index in [9.17, 15) is 9.59 Å². The SMILES string of the molecule is Cc1cc(Cl)cc(C(=O)NN)c1NC(=O)c1cc(Br)cn1-c1cccnc1Cl. The van der Waals surface area contributed by atoms with Gasteiger partial charge in [0.2, 0.25) is 0 Å². The number of carbonyl (C=O) groups excluding carboxylic acids is 2. The monoisotopic (exact) mass is 481 g/mol. The Kier molecular flexibility index (Phi) is 6.04. The average molecular weight is 483 g/mol. The summed E-state index contributed by atoms with van der Waals surface area (Å²) in [5.74, 6) is 4.22. The molecule has 0 saturated heterocycles. The highest BCUT2D eigenvalue weighted by molar-refractivity contribution is 9.10. The standard InChI is InChI=1S/C18H14BrCl2N5O2/c1-9-5-11(20)7-12(17(27)25-22)15(9)24-18(28)14-6-10(19)8-26(14)13-3-2-4-23-16(13)21/h2-8H,22H2,1H3,(H,24,28)(H,25,27). The molecule has 0 fully saturated rings. The normalized spacial score (nSPS) is 10.6. The van der Waals surface area contributed by atoms with Crippen molar-refractivity contribution < 1.29 is 9.59 Å². The second kappa shape index (κ2) is 8.32. The number of nitrogens with one attached hydrogen (secondary N) is 2. The number of halogens is 3. The van der Waals surface area contributed by atoms with Crippen molar-refractivity contribution in [2.75, 3.05) is 5.32 Å². The van der Waals surface area contributed by atoms with Crippen LogP contribution in [0, 0.1) is 6.92 Å². The minimum atomic E-state index is -0.576. The van der Waals surface area contributed by atoms with E-state index in [4.69, 9.17) is 29.0 Å². The number of benzene rings is 1. The van der Waals surface area contributed by atoms with Crippen molar-refractivity contribution in [2.45, 2.75) is 6.92 Å². The summed E-state index contributed by atoms with van der Waals surface area (Å²) in [5, 5.41) is 3.35. The van der Waals surface area contributed by atoms with Crippen molar-refractivity contribution in [3.8, 4) is 5.69 Å². The van der Waals surface area contributed by atoms with Crippen LogP contribution in [0.1, 0.15) is 26.4 Å². The Hall–Kier alpha value is -2.39. The smallest absolute Gasteiger partial charge is 0.272 e. The van der Waals surface area contributed by atoms with Gasteiger partial charge >= 0.3 is 0 Å². The topological polar surface area (TPSA) is 102 Å². The van der Waals surface area contributed by atoms with E-state index < -0.39 is 11.8 Å². The number of nitrogens with zero attached hydrogens (tertiary/aromatic N) is 2. The Morgan fingerprint density at radius 3 is 2.64 bits per heavy atom. The minimum absolute atomic E-state index is 0.150. The largest absolute Gasteiger partial charge is 0.320 e. The number of aryl methyl sites for hydroxylation is 1. The van der Waals surface area contributed by atoms with E-state index in [1.807, 2.05) is 0 Å². The van der Waals surface area contributed by atoms with Crippen LogP contribution in [0.15, 0.2) is 47.2 Å². The molecule has 3 aromatic rings. The second-order valence-corrected chi connectivity index (χ2v) is 7.51. The third-order valence-electron chi connectivity index (χ3n) is 3.93. The fourth-order valence-corrected chi connectivity index (χ4v) is 3.61. The maximum atomic E-state index is 13.0. The molecule has 0 radical (unpaired) electrons. The molecule has 2 amide bonds. The first kappa shape index (κ1) is 20.3. The molecule has 4 N–H and O–H groups in total. The number of hydrogen-bond donors (Lipinski definition) is 3. The van der Waals surface area contributed by atoms with Crippen LogP contribution in [0.2, 0.25) is 10.2 Å². The van der Waals surface area contributed by atoms with E-state index in [1.165, 1.54) is 6.07 Å². The number of hydrazine groups is 1. The van der Waals surface area contributed by atoms with Crippen molar-refractivity contribution >= 4 is 56.6 Å². The lowest BCUT2D eigenvalue weighted by molar-refractivity contribution is 0.0954. The first-order valence-electron chi connectivity index (χ1n) is 7.93. The van der Waals surface area contributed by atoms with Crippen molar-refractivity contribution in [3.63, 3.8) is 0 Å². The van der Waals surface area contributed by atoms with E-state index in [0.717, 1.165) is 0 Å². The number of amides is 2. The highest BCUT2D eigenvalue weighted by Gasteiger charge is 2.21. The average Bonchev–Trinajstić information content (AvgIpc) is 3.05. The maximum Gasteiger partial charge on any atom is 0.272 e. The lowest BCUT2D eigenvalue weighted by Crippen LogP contribution is -2.31. The number of anilines is 1. The van der Waals surface area contributed by atoms with Crippen molar-refractivity contribution in [1.82, 2.24) is 15.0 Å². The lowest BCUT2D eigenvalue weighted by atomic mass is 10.1. The predicted molar refractivity (Wildman–Crippen MR) is 112 cm³/mol. The summed E-state index contributed by atoms with van der Waals surface area (Å²) < 4.78 is 2.27. The summed E-state index contributed by atoms with van der Waals surface area (Å²) in [4.78, 5) is 29.2. The molecule has 0 spiro atoms. The lowest BCUT2D eigenvalue weighted by Gasteiger charge is -2.15. The summed E-state index contributed by atoms with van der Waals surface area (Å²) in [6, 6.07) is 8.15. The highest BCUT2D eigenvalue weighted by atomic mass is 79.9. The van der Waals surface area contributed by atoms with Crippen molar-refractivity contribution in [3.05, 3.63) is 74.2 Å². The van der Waals surface area contributed by atoms with Crippen LogP contribution >= 0.6 is 39.1 Å². The molecule has 2 heterocycles. The Labute approximate surface area is 178 Å². The van der Waals surface area contributed by atoms with E-state index >= 15 is 0 Å². The fraction of sp³-hybridized carbons (Fsp3) is 0.0556. The molecular formula is C18H14BrCl2N5O2. The number of rotatable bonds is 4. The first-order chi connectivity index (χ1) is 13.3. The molecule has 10 heteroatoms. The molecule has 0 aliphatic heterocycles. The number of aromatic nitrogens is 2. The van der Waals surface area contributed by atoms with Gasteiger partial charge in [0.05, 0.1) is 16.9 Å². The number of nitrogens with two attached hydrogens (primary N) is 1. The molecule has 3 rings (SSSR count). The van der Waals surface area contributed by atoms with Gasteiger partial charge in [-0.15, -0.1) is 0 Å². The molecule has 0 aliphatic carbocycles. The van der Waals surface area contributed by atoms with E-state index in [-0.39, 0.29) is 16.4 Å². The van der Waals surface area contributed by atoms with Gasteiger partial charge in [0, 0.05) is 21.9 Å². The zero-order valence-corrected chi connectivity index (χ0v) is 17.6. The van der Waals surface area contributed by atoms with Crippen molar-refractivity contribution in [1.29, 1.82) is 0 Å². The Balaban J connectivity index is 2.05. The molecule has 0 atom stereocenters. The van der Waals surface area contributed by atoms with Gasteiger partial charge in [-0.25, -0.2) is 10.8 Å². The molecular weight excluding hydrogens is 469 g/mol. The Morgan fingerprint density at radius 2 is 1.96 bits per heavy atom. The summed E-state index contributed by atoms with van der Waals surface area (Å²) in [7, 11) is 0. The minimum Gasteiger partial charge on any atom is -0.320 e. The third kappa shape index (κ3) is 4.05. The van der Waals surface area contributed by atoms with E-state index in [1.54, 1.807) is 48.1 Å². The van der Waals surface area contributed by atoms with Gasteiger partial charge in [-0.2, -0.15) is 0 Å². The number of pyridine rings is 1. The highest BCUT2D eigenvalue weighted by Crippen LogP contribution is 2.28. The Morgan fingerprint density at radius 1 is 1.21 bits per heavy atom. The van der Waals surface area contributed by atoms with Crippen molar-refractivity contribution in [2.24, 2.45) is 5.84 Å². The predicted octanol–water partition coefficient (Wildman–Crippen LogP) is 4.11. The van der Waals surface area contributed by atoms with Gasteiger partial charge in [-0.1, -0.05) is 23.2 Å². The van der Waals surface area contributed by atoms with Crippen LogP contribution in [0.25, 0.3) is 5.69 Å². The van der Waals surface area contributed by atoms with Crippen LogP contribution in [0.4, 0.5) is 5.69 Å². The summed E-state index contributed by atoms with van der Waals surface area (Å²) in [6.07, 6.45) is 3.25. The zero-order valence-electron chi connectivity index (χ0n) is 14.5. The molecule has 0 unspecified atom stereocenters. The number of carbonyl (C=O) groups is 2. The van der Waals surface area contributed by atoms with Gasteiger partial charge in [0.15, 0.2) is 5.15 Å². The second-order valence-electron chi connectivity index (χ2n) is 5.80. The van der Waals surface area contributed by atoms with E-state index in [2.05, 4.69) is 31.7 Å². The zero-order chi connectivity index (χ0) is 20.4. The maximum absolute atomic E-state index is 13.0. The van der Waals surface area contributed by atoms with Gasteiger partial charge in [0.25, 0.3) is 11.8 Å². The molecule has 2 aromatic heterocycles. The van der Waals surface area contributed by atoms with Gasteiger partial charge in [0.1, 0.15) is 5.69 Å². The molecule has 0 aliphatic rings. The molecule has 1 aromatic carbocycles. The number of nitrogen functional groups attached to an aromatic ring is 1. The summed E-state index contributed by atoms with van der Waals surface area (Å²) >= 11 is 15.6. The molecule has 0 saturated carbocycles. The van der Waals surface area contributed by atoms with Crippen LogP contribution in [-0.2, 0) is 0 Å². The van der Waals surface area contributed by atoms with Crippen LogP contribution in [0.5, 0.6) is 0 Å². The summed E-state index contributed by atoms with van der Waals surface area (Å²) in [5.41, 5.74) is 3.93.